The Morgan fingerprint density at radius 3 is 2.67 bits per heavy atom. The van der Waals surface area contributed by atoms with Gasteiger partial charge in [-0.1, -0.05) is 23.2 Å². The number of carbonyl (C=O) groups is 1. The Hall–Kier alpha value is -2.26. The van der Waals surface area contributed by atoms with Crippen LogP contribution in [0, 0.1) is 6.92 Å². The molecule has 0 saturated heterocycles. The molecule has 0 saturated carbocycles. The van der Waals surface area contributed by atoms with Gasteiger partial charge in [-0.05, 0) is 37.3 Å². The number of rotatable bonds is 3. The van der Waals surface area contributed by atoms with Gasteiger partial charge in [0.05, 0.1) is 17.8 Å². The van der Waals surface area contributed by atoms with Crippen molar-refractivity contribution in [3.05, 3.63) is 52.5 Å². The Balaban J connectivity index is 2.24. The molecule has 106 valence electrons. The minimum absolute atomic E-state index is 0.515. The Bertz CT molecular complexity index is 836. The molecular formula is C17H14ClNO2. The number of fused-ring (bicyclic) bond motifs is 1. The van der Waals surface area contributed by atoms with Gasteiger partial charge in [-0.3, -0.25) is 4.79 Å². The number of aryl methyl sites for hydroxylation is 1. The van der Waals surface area contributed by atoms with E-state index in [9.17, 15) is 4.79 Å². The molecule has 0 unspecified atom stereocenters. The predicted octanol–water partition coefficient (Wildman–Crippen LogP) is 4.62. The molecule has 2 aromatic carbocycles. The summed E-state index contributed by atoms with van der Waals surface area (Å²) in [5.41, 5.74) is 4.33. The molecular weight excluding hydrogens is 286 g/mol. The first-order chi connectivity index (χ1) is 10.1. The molecule has 0 aliphatic rings. The Kier molecular flexibility index (Phi) is 3.43. The molecule has 21 heavy (non-hydrogen) atoms. The second-order valence-corrected chi connectivity index (χ2v) is 5.34. The second kappa shape index (κ2) is 5.26. The zero-order valence-corrected chi connectivity index (χ0v) is 12.5. The number of H-pyrrole nitrogens is 1. The quantitative estimate of drug-likeness (QED) is 0.717. The summed E-state index contributed by atoms with van der Waals surface area (Å²) in [6.07, 6.45) is 0.881. The molecule has 0 spiro atoms. The van der Waals surface area contributed by atoms with E-state index in [2.05, 4.69) is 4.98 Å². The average molecular weight is 300 g/mol. The van der Waals surface area contributed by atoms with E-state index in [0.717, 1.165) is 34.0 Å². The number of nitrogens with one attached hydrogen (secondary N) is 1. The second-order valence-electron chi connectivity index (χ2n) is 4.93. The first-order valence-corrected chi connectivity index (χ1v) is 6.93. The van der Waals surface area contributed by atoms with Crippen LogP contribution in [0.1, 0.15) is 15.9 Å². The van der Waals surface area contributed by atoms with E-state index < -0.39 is 0 Å². The average Bonchev–Trinajstić information content (AvgIpc) is 2.84. The first-order valence-electron chi connectivity index (χ1n) is 6.55. The molecule has 0 fully saturated rings. The number of aldehydes is 1. The third-order valence-electron chi connectivity index (χ3n) is 3.55. The Morgan fingerprint density at radius 1 is 1.19 bits per heavy atom. The third-order valence-corrected chi connectivity index (χ3v) is 3.85. The fourth-order valence-electron chi connectivity index (χ4n) is 2.50. The van der Waals surface area contributed by atoms with Crippen molar-refractivity contribution in [1.82, 2.24) is 4.98 Å². The van der Waals surface area contributed by atoms with Crippen LogP contribution < -0.4 is 4.74 Å². The molecule has 1 heterocycles. The highest BCUT2D eigenvalue weighted by molar-refractivity contribution is 6.32. The molecule has 3 rings (SSSR count). The summed E-state index contributed by atoms with van der Waals surface area (Å²) in [6, 6.07) is 11.5. The first kappa shape index (κ1) is 13.7. The lowest BCUT2D eigenvalue weighted by Gasteiger charge is -2.05. The SMILES string of the molecule is COc1ccc(-c2[nH]c3ccc(C)cc3c2C=O)cc1Cl. The molecule has 0 bridgehead atoms. The normalized spacial score (nSPS) is 10.8. The monoisotopic (exact) mass is 299 g/mol. The summed E-state index contributed by atoms with van der Waals surface area (Å²) < 4.78 is 5.16. The van der Waals surface area contributed by atoms with E-state index in [1.165, 1.54) is 0 Å². The maximum Gasteiger partial charge on any atom is 0.152 e. The van der Waals surface area contributed by atoms with Crippen molar-refractivity contribution in [1.29, 1.82) is 0 Å². The van der Waals surface area contributed by atoms with Crippen LogP contribution in [-0.2, 0) is 0 Å². The van der Waals surface area contributed by atoms with Crippen molar-refractivity contribution in [3.8, 4) is 17.0 Å². The van der Waals surface area contributed by atoms with E-state index in [-0.39, 0.29) is 0 Å². The lowest BCUT2D eigenvalue weighted by Crippen LogP contribution is -1.88. The number of benzene rings is 2. The summed E-state index contributed by atoms with van der Waals surface area (Å²) in [5.74, 6) is 0.611. The van der Waals surface area contributed by atoms with E-state index >= 15 is 0 Å². The number of halogens is 1. The third kappa shape index (κ3) is 2.30. The highest BCUT2D eigenvalue weighted by Crippen LogP contribution is 2.34. The van der Waals surface area contributed by atoms with Crippen LogP contribution in [0.25, 0.3) is 22.2 Å². The van der Waals surface area contributed by atoms with Crippen molar-refractivity contribution in [3.63, 3.8) is 0 Å². The molecule has 0 aliphatic heterocycles. The summed E-state index contributed by atoms with van der Waals surface area (Å²) >= 11 is 6.17. The van der Waals surface area contributed by atoms with E-state index in [1.54, 1.807) is 19.2 Å². The number of aromatic nitrogens is 1. The van der Waals surface area contributed by atoms with Crippen LogP contribution in [-0.4, -0.2) is 18.4 Å². The van der Waals surface area contributed by atoms with Crippen LogP contribution in [0.4, 0.5) is 0 Å². The number of ether oxygens (including phenoxy) is 1. The minimum Gasteiger partial charge on any atom is -0.495 e. The fourth-order valence-corrected chi connectivity index (χ4v) is 2.76. The van der Waals surface area contributed by atoms with Crippen molar-refractivity contribution in [2.75, 3.05) is 7.11 Å². The molecule has 4 heteroatoms. The largest absolute Gasteiger partial charge is 0.495 e. The zero-order chi connectivity index (χ0) is 15.0. The Morgan fingerprint density at radius 2 is 2.00 bits per heavy atom. The van der Waals surface area contributed by atoms with Crippen LogP contribution in [0.5, 0.6) is 5.75 Å². The van der Waals surface area contributed by atoms with Gasteiger partial charge >= 0.3 is 0 Å². The van der Waals surface area contributed by atoms with Crippen molar-refractivity contribution in [2.24, 2.45) is 0 Å². The standard InChI is InChI=1S/C17H14ClNO2/c1-10-3-5-15-12(7-10)13(9-20)17(19-15)11-4-6-16(21-2)14(18)8-11/h3-9,19H,1-2H3. The molecule has 0 atom stereocenters. The molecule has 0 radical (unpaired) electrons. The van der Waals surface area contributed by atoms with E-state index in [0.29, 0.717) is 16.3 Å². The predicted molar refractivity (Wildman–Crippen MR) is 85.4 cm³/mol. The van der Waals surface area contributed by atoms with Crippen LogP contribution in [0.2, 0.25) is 5.02 Å². The van der Waals surface area contributed by atoms with Gasteiger partial charge in [0.1, 0.15) is 5.75 Å². The maximum absolute atomic E-state index is 11.5. The van der Waals surface area contributed by atoms with Crippen LogP contribution in [0.15, 0.2) is 36.4 Å². The van der Waals surface area contributed by atoms with Crippen LogP contribution >= 0.6 is 11.6 Å². The van der Waals surface area contributed by atoms with Gasteiger partial charge in [0.25, 0.3) is 0 Å². The molecule has 0 amide bonds. The van der Waals surface area contributed by atoms with Gasteiger partial charge in [-0.2, -0.15) is 0 Å². The number of aromatic amines is 1. The molecule has 1 N–H and O–H groups in total. The lowest BCUT2D eigenvalue weighted by atomic mass is 10.0. The lowest BCUT2D eigenvalue weighted by molar-refractivity contribution is 0.112. The summed E-state index contributed by atoms with van der Waals surface area (Å²) in [4.78, 5) is 14.8. The van der Waals surface area contributed by atoms with Gasteiger partial charge in [0.2, 0.25) is 0 Å². The number of hydrogen-bond acceptors (Lipinski definition) is 2. The van der Waals surface area contributed by atoms with Gasteiger partial charge in [-0.15, -0.1) is 0 Å². The zero-order valence-electron chi connectivity index (χ0n) is 11.7. The van der Waals surface area contributed by atoms with Crippen molar-refractivity contribution in [2.45, 2.75) is 6.92 Å². The van der Waals surface area contributed by atoms with Gasteiger partial charge in [-0.25, -0.2) is 0 Å². The Labute approximate surface area is 127 Å². The maximum atomic E-state index is 11.5. The molecule has 1 aromatic heterocycles. The topological polar surface area (TPSA) is 42.1 Å². The minimum atomic E-state index is 0.515. The molecule has 0 aliphatic carbocycles. The number of hydrogen-bond donors (Lipinski definition) is 1. The van der Waals surface area contributed by atoms with Crippen molar-refractivity contribution >= 4 is 28.8 Å². The van der Waals surface area contributed by atoms with Gasteiger partial charge in [0.15, 0.2) is 6.29 Å². The van der Waals surface area contributed by atoms with E-state index in [4.69, 9.17) is 16.3 Å². The highest BCUT2D eigenvalue weighted by Gasteiger charge is 2.14. The molecule has 3 nitrogen and oxygen atoms in total. The number of carbonyl (C=O) groups excluding carboxylic acids is 1. The van der Waals surface area contributed by atoms with Gasteiger partial charge in [0, 0.05) is 22.0 Å². The van der Waals surface area contributed by atoms with E-state index in [1.807, 2.05) is 31.2 Å². The highest BCUT2D eigenvalue weighted by atomic mass is 35.5. The summed E-state index contributed by atoms with van der Waals surface area (Å²) in [7, 11) is 1.57. The van der Waals surface area contributed by atoms with Crippen molar-refractivity contribution < 1.29 is 9.53 Å². The smallest absolute Gasteiger partial charge is 0.152 e. The number of methoxy groups -OCH3 is 1. The molecule has 3 aromatic rings. The van der Waals surface area contributed by atoms with Gasteiger partial charge < -0.3 is 9.72 Å². The summed E-state index contributed by atoms with van der Waals surface area (Å²) in [6.45, 7) is 2.00. The summed E-state index contributed by atoms with van der Waals surface area (Å²) in [5, 5.41) is 1.44. The fraction of sp³-hybridized carbons (Fsp3) is 0.118. The van der Waals surface area contributed by atoms with Crippen LogP contribution in [0.3, 0.4) is 0 Å².